The fourth-order valence-electron chi connectivity index (χ4n) is 4.53. The number of nitrogens with one attached hydrogen (secondary N) is 1. The van der Waals surface area contributed by atoms with Crippen LogP contribution in [0.5, 0.6) is 0 Å². The van der Waals surface area contributed by atoms with Crippen LogP contribution in [0, 0.1) is 0 Å². The molecule has 6 nitrogen and oxygen atoms in total. The molecule has 0 spiro atoms. The second-order valence-electron chi connectivity index (χ2n) is 7.41. The van der Waals surface area contributed by atoms with Gasteiger partial charge < -0.3 is 19.9 Å². The first kappa shape index (κ1) is 19.2. The van der Waals surface area contributed by atoms with Gasteiger partial charge in [0.05, 0.1) is 19.1 Å². The van der Waals surface area contributed by atoms with Crippen molar-refractivity contribution < 1.29 is 24.7 Å². The number of hydrogen-bond acceptors (Lipinski definition) is 4. The van der Waals surface area contributed by atoms with E-state index in [-0.39, 0.29) is 0 Å². The summed E-state index contributed by atoms with van der Waals surface area (Å²) >= 11 is 0. The Morgan fingerprint density at radius 1 is 0.875 bits per heavy atom. The molecule has 138 valence electrons. The molecule has 24 heavy (non-hydrogen) atoms. The molecule has 2 N–H and O–H groups in total. The zero-order valence-corrected chi connectivity index (χ0v) is 14.7. The maximum absolute atomic E-state index is 9.04. The Bertz CT molecular complexity index is 382. The number of hydrogen-bond donors (Lipinski definition) is 2. The number of nitrogens with zero attached hydrogens (tertiary/aromatic N) is 1. The van der Waals surface area contributed by atoms with Crippen LogP contribution < -0.4 is 10.0 Å². The monoisotopic (exact) mass is 340 g/mol. The molecule has 0 bridgehead atoms. The van der Waals surface area contributed by atoms with Gasteiger partial charge in [0.2, 0.25) is 0 Å². The lowest BCUT2D eigenvalue weighted by Gasteiger charge is -2.38. The minimum Gasteiger partial charge on any atom is -0.539 e. The minimum absolute atomic E-state index is 0.963. The molecule has 1 aliphatic carbocycles. The van der Waals surface area contributed by atoms with Gasteiger partial charge in [-0.25, -0.2) is 4.79 Å². The van der Waals surface area contributed by atoms with Crippen LogP contribution >= 0.6 is 0 Å². The van der Waals surface area contributed by atoms with E-state index < -0.39 is 11.9 Å². The number of piperidine rings is 1. The molecule has 0 aromatic carbocycles. The molecule has 0 amide bonds. The number of carbonyl (C=O) groups excluding carboxylic acids is 1. The van der Waals surface area contributed by atoms with Gasteiger partial charge in [-0.3, -0.25) is 4.90 Å². The predicted molar refractivity (Wildman–Crippen MR) is 88.7 cm³/mol. The third kappa shape index (κ3) is 6.06. The molecule has 3 fully saturated rings. The Labute approximate surface area is 144 Å². The summed E-state index contributed by atoms with van der Waals surface area (Å²) in [5.41, 5.74) is 0. The first-order valence-corrected chi connectivity index (χ1v) is 9.61. The summed E-state index contributed by atoms with van der Waals surface area (Å²) in [4.78, 5) is 22.8. The summed E-state index contributed by atoms with van der Waals surface area (Å²) in [6.45, 7) is 5.74. The zero-order chi connectivity index (χ0) is 17.4. The molecule has 2 saturated heterocycles. The fraction of sp³-hybridized carbons (Fsp3) is 0.889. The van der Waals surface area contributed by atoms with Crippen LogP contribution in [0.25, 0.3) is 0 Å². The Morgan fingerprint density at radius 3 is 1.83 bits per heavy atom. The molecule has 0 aromatic rings. The standard InChI is InChI=1S/C16H30N2.C2H2O4/c1-2-6-12-17(11-5-1)16-9-13-18(14-10-16)15-7-3-4-8-15;3-1(4)2(5)6/h15-16H,1-14H2;(H,3,4)(H,5,6). The lowest BCUT2D eigenvalue weighted by Crippen LogP contribution is -3.16. The van der Waals surface area contributed by atoms with Crippen LogP contribution in [0.2, 0.25) is 0 Å². The lowest BCUT2D eigenvalue weighted by atomic mass is 10.0. The van der Waals surface area contributed by atoms with Crippen molar-refractivity contribution in [3.05, 3.63) is 0 Å². The molecular weight excluding hydrogens is 308 g/mol. The van der Waals surface area contributed by atoms with Crippen LogP contribution in [0.3, 0.4) is 0 Å². The highest BCUT2D eigenvalue weighted by Gasteiger charge is 2.31. The number of rotatable bonds is 2. The molecule has 3 aliphatic rings. The fourth-order valence-corrected chi connectivity index (χ4v) is 4.53. The number of carboxylic acid groups (broad SMARTS) is 2. The van der Waals surface area contributed by atoms with Crippen molar-refractivity contribution >= 4 is 11.9 Å². The summed E-state index contributed by atoms with van der Waals surface area (Å²) < 4.78 is 0. The van der Waals surface area contributed by atoms with Crippen LogP contribution in [-0.4, -0.2) is 60.2 Å². The van der Waals surface area contributed by atoms with Gasteiger partial charge in [-0.1, -0.05) is 12.8 Å². The molecule has 2 aliphatic heterocycles. The third-order valence-corrected chi connectivity index (χ3v) is 5.87. The van der Waals surface area contributed by atoms with Gasteiger partial charge in [0.25, 0.3) is 0 Å². The molecule has 2 heterocycles. The van der Waals surface area contributed by atoms with Crippen molar-refractivity contribution in [3.8, 4) is 0 Å². The van der Waals surface area contributed by atoms with Gasteiger partial charge in [-0.05, 0) is 38.5 Å². The SMILES string of the molecule is C1CCC[NH+](C2CCN(C3CCCC3)CC2)CC1.O=C([O-])C(=O)O. The maximum atomic E-state index is 9.04. The molecule has 1 saturated carbocycles. The van der Waals surface area contributed by atoms with Crippen molar-refractivity contribution in [1.82, 2.24) is 4.90 Å². The minimum atomic E-state index is -2.07. The second kappa shape index (κ2) is 9.99. The number of carboxylic acids is 2. The summed E-state index contributed by atoms with van der Waals surface area (Å²) in [5.74, 6) is -4.01. The highest BCUT2D eigenvalue weighted by molar-refractivity contribution is 6.26. The highest BCUT2D eigenvalue weighted by Crippen LogP contribution is 2.25. The Kier molecular flexibility index (Phi) is 7.99. The maximum Gasteiger partial charge on any atom is 0.351 e. The van der Waals surface area contributed by atoms with Gasteiger partial charge >= 0.3 is 5.97 Å². The largest absolute Gasteiger partial charge is 0.539 e. The molecule has 3 rings (SSSR count). The summed E-state index contributed by atoms with van der Waals surface area (Å²) in [7, 11) is 0. The van der Waals surface area contributed by atoms with E-state index in [1.165, 1.54) is 90.4 Å². The second-order valence-corrected chi connectivity index (χ2v) is 7.41. The van der Waals surface area contributed by atoms with Crippen LogP contribution in [0.1, 0.15) is 64.2 Å². The van der Waals surface area contributed by atoms with E-state index in [1.54, 1.807) is 0 Å². The van der Waals surface area contributed by atoms with Crippen molar-refractivity contribution in [1.29, 1.82) is 0 Å². The van der Waals surface area contributed by atoms with Crippen molar-refractivity contribution in [2.75, 3.05) is 26.2 Å². The average molecular weight is 340 g/mol. The third-order valence-electron chi connectivity index (χ3n) is 5.87. The number of aliphatic carboxylic acids is 2. The summed E-state index contributed by atoms with van der Waals surface area (Å²) in [6.07, 6.45) is 14.9. The van der Waals surface area contributed by atoms with Gasteiger partial charge in [-0.2, -0.15) is 0 Å². The van der Waals surface area contributed by atoms with E-state index in [1.807, 2.05) is 4.90 Å². The van der Waals surface area contributed by atoms with Crippen LogP contribution in [0.15, 0.2) is 0 Å². The Balaban J connectivity index is 0.000000301. The van der Waals surface area contributed by atoms with Gasteiger partial charge in [0.15, 0.2) is 5.97 Å². The average Bonchev–Trinajstić information content (AvgIpc) is 2.98. The zero-order valence-electron chi connectivity index (χ0n) is 14.7. The molecule has 0 radical (unpaired) electrons. The Hall–Kier alpha value is -1.14. The van der Waals surface area contributed by atoms with E-state index in [9.17, 15) is 0 Å². The van der Waals surface area contributed by atoms with E-state index in [2.05, 4.69) is 4.90 Å². The van der Waals surface area contributed by atoms with Crippen molar-refractivity contribution in [3.63, 3.8) is 0 Å². The van der Waals surface area contributed by atoms with E-state index in [0.29, 0.717) is 0 Å². The molecule has 0 atom stereocenters. The van der Waals surface area contributed by atoms with Crippen LogP contribution in [0.4, 0.5) is 0 Å². The van der Waals surface area contributed by atoms with Gasteiger partial charge in [-0.15, -0.1) is 0 Å². The van der Waals surface area contributed by atoms with Gasteiger partial charge in [0.1, 0.15) is 0 Å². The molecular formula is C18H32N2O4. The first-order chi connectivity index (χ1) is 11.6. The first-order valence-electron chi connectivity index (χ1n) is 9.61. The normalized spacial score (nSPS) is 24.8. The number of likely N-dealkylation sites (tertiary alicyclic amines) is 2. The summed E-state index contributed by atoms with van der Waals surface area (Å²) in [5, 5.41) is 16.3. The summed E-state index contributed by atoms with van der Waals surface area (Å²) in [6, 6.07) is 1.96. The topological polar surface area (TPSA) is 85.1 Å². The lowest BCUT2D eigenvalue weighted by molar-refractivity contribution is -0.926. The van der Waals surface area contributed by atoms with Crippen LogP contribution in [-0.2, 0) is 9.59 Å². The predicted octanol–water partition coefficient (Wildman–Crippen LogP) is -0.327. The number of carbonyl (C=O) groups is 2. The van der Waals surface area contributed by atoms with Crippen molar-refractivity contribution in [2.24, 2.45) is 0 Å². The Morgan fingerprint density at radius 2 is 1.38 bits per heavy atom. The van der Waals surface area contributed by atoms with E-state index in [0.717, 1.165) is 12.1 Å². The van der Waals surface area contributed by atoms with Gasteiger partial charge in [0, 0.05) is 32.0 Å². The van der Waals surface area contributed by atoms with Crippen molar-refractivity contribution in [2.45, 2.75) is 76.3 Å². The quantitative estimate of drug-likeness (QED) is 0.673. The molecule has 6 heteroatoms. The highest BCUT2D eigenvalue weighted by atomic mass is 16.4. The number of quaternary nitrogens is 1. The van der Waals surface area contributed by atoms with E-state index >= 15 is 0 Å². The van der Waals surface area contributed by atoms with E-state index in [4.69, 9.17) is 19.8 Å². The smallest absolute Gasteiger partial charge is 0.351 e. The molecule has 0 unspecified atom stereocenters. The molecule has 0 aromatic heterocycles.